The summed E-state index contributed by atoms with van der Waals surface area (Å²) in [5.74, 6) is 1.01. The minimum Gasteiger partial charge on any atom is -0.397 e. The van der Waals surface area contributed by atoms with Gasteiger partial charge in [-0.3, -0.25) is 4.79 Å². The van der Waals surface area contributed by atoms with Crippen LogP contribution in [0.25, 0.3) is 0 Å². The molecule has 2 aromatic rings. The zero-order chi connectivity index (χ0) is 19.7. The van der Waals surface area contributed by atoms with E-state index in [-0.39, 0.29) is 5.91 Å². The second-order valence-corrected chi connectivity index (χ2v) is 8.47. The van der Waals surface area contributed by atoms with E-state index in [1.54, 1.807) is 18.2 Å². The normalized spacial score (nSPS) is 19.8. The van der Waals surface area contributed by atoms with Gasteiger partial charge in [0, 0.05) is 24.3 Å². The van der Waals surface area contributed by atoms with Crippen LogP contribution in [0.1, 0.15) is 36.2 Å². The highest BCUT2D eigenvalue weighted by Crippen LogP contribution is 2.34. The number of carbonyl (C=O) groups excluding carboxylic acids is 1. The zero-order valence-electron chi connectivity index (χ0n) is 15.9. The maximum atomic E-state index is 12.6. The Balaban J connectivity index is 1.87. The SMILES string of the molecule is Cc1cc(N)c(NC(=O)c2ccc(Cl)c(Cl)c2)cc1N1C[C@@H](C)C[C@H](C)C1. The zero-order valence-corrected chi connectivity index (χ0v) is 17.4. The van der Waals surface area contributed by atoms with Crippen molar-refractivity contribution in [2.45, 2.75) is 27.2 Å². The van der Waals surface area contributed by atoms with Crippen molar-refractivity contribution in [3.8, 4) is 0 Å². The maximum Gasteiger partial charge on any atom is 0.255 e. The quantitative estimate of drug-likeness (QED) is 0.651. The van der Waals surface area contributed by atoms with Crippen LogP contribution >= 0.6 is 23.2 Å². The molecule has 2 aromatic carbocycles. The Bertz CT molecular complexity index is 859. The van der Waals surface area contributed by atoms with Crippen molar-refractivity contribution < 1.29 is 4.79 Å². The number of hydrogen-bond donors (Lipinski definition) is 2. The first kappa shape index (κ1) is 19.8. The van der Waals surface area contributed by atoms with Gasteiger partial charge in [0.05, 0.1) is 21.4 Å². The first-order chi connectivity index (χ1) is 12.7. The summed E-state index contributed by atoms with van der Waals surface area (Å²) in [6, 6.07) is 8.70. The molecule has 1 heterocycles. The summed E-state index contributed by atoms with van der Waals surface area (Å²) in [5, 5.41) is 3.67. The van der Waals surface area contributed by atoms with E-state index in [2.05, 4.69) is 31.0 Å². The highest BCUT2D eigenvalue weighted by molar-refractivity contribution is 6.42. The summed E-state index contributed by atoms with van der Waals surface area (Å²) in [7, 11) is 0. The number of halogens is 2. The van der Waals surface area contributed by atoms with Gasteiger partial charge in [0.15, 0.2) is 0 Å². The molecule has 0 aromatic heterocycles. The predicted octanol–water partition coefficient (Wildman–Crippen LogP) is 5.62. The molecule has 3 rings (SSSR count). The fraction of sp³-hybridized carbons (Fsp3) is 0.381. The van der Waals surface area contributed by atoms with Crippen molar-refractivity contribution >= 4 is 46.2 Å². The second-order valence-electron chi connectivity index (χ2n) is 7.66. The number of nitrogens with two attached hydrogens (primary N) is 1. The number of aryl methyl sites for hydroxylation is 1. The van der Waals surface area contributed by atoms with E-state index in [0.717, 1.165) is 24.3 Å². The molecule has 144 valence electrons. The molecule has 2 atom stereocenters. The molecule has 1 aliphatic rings. The molecule has 3 N–H and O–H groups in total. The topological polar surface area (TPSA) is 58.4 Å². The van der Waals surface area contributed by atoms with Crippen LogP contribution in [0.15, 0.2) is 30.3 Å². The summed E-state index contributed by atoms with van der Waals surface area (Å²) in [4.78, 5) is 15.0. The van der Waals surface area contributed by atoms with E-state index in [1.807, 2.05) is 12.1 Å². The number of rotatable bonds is 3. The summed E-state index contributed by atoms with van der Waals surface area (Å²) < 4.78 is 0. The van der Waals surface area contributed by atoms with Crippen LogP contribution < -0.4 is 16.0 Å². The Morgan fingerprint density at radius 3 is 2.41 bits per heavy atom. The molecule has 1 amide bonds. The van der Waals surface area contributed by atoms with Crippen molar-refractivity contribution in [1.29, 1.82) is 0 Å². The Morgan fingerprint density at radius 2 is 1.78 bits per heavy atom. The molecule has 1 fully saturated rings. The lowest BCUT2D eigenvalue weighted by Gasteiger charge is -2.37. The average Bonchev–Trinajstić information content (AvgIpc) is 2.58. The molecule has 0 aliphatic carbocycles. The number of nitrogen functional groups attached to an aromatic ring is 1. The monoisotopic (exact) mass is 405 g/mol. The van der Waals surface area contributed by atoms with Crippen LogP contribution in [0.4, 0.5) is 17.1 Å². The lowest BCUT2D eigenvalue weighted by molar-refractivity contribution is 0.102. The van der Waals surface area contributed by atoms with Gasteiger partial charge in [0.2, 0.25) is 0 Å². The van der Waals surface area contributed by atoms with Gasteiger partial charge < -0.3 is 16.0 Å². The number of anilines is 3. The first-order valence-corrected chi connectivity index (χ1v) is 9.91. The molecule has 27 heavy (non-hydrogen) atoms. The number of nitrogens with one attached hydrogen (secondary N) is 1. The molecule has 0 spiro atoms. The van der Waals surface area contributed by atoms with Gasteiger partial charge in [0.25, 0.3) is 5.91 Å². The van der Waals surface area contributed by atoms with E-state index in [4.69, 9.17) is 28.9 Å². The van der Waals surface area contributed by atoms with Crippen molar-refractivity contribution in [3.05, 3.63) is 51.5 Å². The van der Waals surface area contributed by atoms with Gasteiger partial charge in [-0.2, -0.15) is 0 Å². The third-order valence-electron chi connectivity index (χ3n) is 5.01. The smallest absolute Gasteiger partial charge is 0.255 e. The number of amides is 1. The van der Waals surface area contributed by atoms with E-state index in [0.29, 0.717) is 38.8 Å². The molecule has 0 bridgehead atoms. The van der Waals surface area contributed by atoms with Crippen LogP contribution in [-0.2, 0) is 0 Å². The number of nitrogens with zero attached hydrogens (tertiary/aromatic N) is 1. The second kappa shape index (κ2) is 7.99. The van der Waals surface area contributed by atoms with E-state index in [9.17, 15) is 4.79 Å². The number of hydrogen-bond acceptors (Lipinski definition) is 3. The largest absolute Gasteiger partial charge is 0.397 e. The highest BCUT2D eigenvalue weighted by Gasteiger charge is 2.24. The number of piperidine rings is 1. The van der Waals surface area contributed by atoms with Gasteiger partial charge in [-0.25, -0.2) is 0 Å². The predicted molar refractivity (Wildman–Crippen MR) is 115 cm³/mol. The molecule has 0 radical (unpaired) electrons. The van der Waals surface area contributed by atoms with Crippen molar-refractivity contribution in [3.63, 3.8) is 0 Å². The number of carbonyl (C=O) groups is 1. The van der Waals surface area contributed by atoms with Crippen LogP contribution in [0.5, 0.6) is 0 Å². The van der Waals surface area contributed by atoms with Crippen molar-refractivity contribution in [2.75, 3.05) is 29.0 Å². The summed E-state index contributed by atoms with van der Waals surface area (Å²) >= 11 is 12.0. The van der Waals surface area contributed by atoms with E-state index < -0.39 is 0 Å². The van der Waals surface area contributed by atoms with Gasteiger partial charge in [0.1, 0.15) is 0 Å². The van der Waals surface area contributed by atoms with Crippen LogP contribution in [0.2, 0.25) is 10.0 Å². The third kappa shape index (κ3) is 4.50. The van der Waals surface area contributed by atoms with Gasteiger partial charge in [-0.1, -0.05) is 37.0 Å². The van der Waals surface area contributed by atoms with E-state index in [1.165, 1.54) is 6.42 Å². The summed E-state index contributed by atoms with van der Waals surface area (Å²) in [6.45, 7) is 8.63. The van der Waals surface area contributed by atoms with Gasteiger partial charge in [-0.05, 0) is 61.1 Å². The van der Waals surface area contributed by atoms with Crippen molar-refractivity contribution in [1.82, 2.24) is 0 Å². The summed E-state index contributed by atoms with van der Waals surface area (Å²) in [6.07, 6.45) is 1.24. The molecular weight excluding hydrogens is 381 g/mol. The van der Waals surface area contributed by atoms with Gasteiger partial charge in [-0.15, -0.1) is 0 Å². The molecule has 1 saturated heterocycles. The lowest BCUT2D eigenvalue weighted by Crippen LogP contribution is -2.39. The Kier molecular flexibility index (Phi) is 5.87. The lowest BCUT2D eigenvalue weighted by atomic mass is 9.91. The molecule has 0 saturated carbocycles. The fourth-order valence-electron chi connectivity index (χ4n) is 3.86. The standard InChI is InChI=1S/C21H25Cl2N3O/c1-12-6-13(2)11-26(10-12)20-9-19(18(24)7-14(20)3)25-21(27)15-4-5-16(22)17(23)8-15/h4-5,7-9,12-13H,6,10-11,24H2,1-3H3,(H,25,27)/t12-,13-/m0/s1. The Morgan fingerprint density at radius 1 is 1.11 bits per heavy atom. The number of benzene rings is 2. The van der Waals surface area contributed by atoms with Crippen molar-refractivity contribution in [2.24, 2.45) is 11.8 Å². The summed E-state index contributed by atoms with van der Waals surface area (Å²) in [5.41, 5.74) is 9.99. The van der Waals surface area contributed by atoms with Crippen LogP contribution in [-0.4, -0.2) is 19.0 Å². The maximum absolute atomic E-state index is 12.6. The Labute approximate surface area is 170 Å². The van der Waals surface area contributed by atoms with E-state index >= 15 is 0 Å². The fourth-order valence-corrected chi connectivity index (χ4v) is 4.16. The highest BCUT2D eigenvalue weighted by atomic mass is 35.5. The first-order valence-electron chi connectivity index (χ1n) is 9.16. The minimum absolute atomic E-state index is 0.268. The Hall–Kier alpha value is -1.91. The molecule has 4 nitrogen and oxygen atoms in total. The van der Waals surface area contributed by atoms with Crippen LogP contribution in [0.3, 0.4) is 0 Å². The minimum atomic E-state index is -0.268. The average molecular weight is 406 g/mol. The molecular formula is C21H25Cl2N3O. The van der Waals surface area contributed by atoms with Gasteiger partial charge >= 0.3 is 0 Å². The molecule has 6 heteroatoms. The molecule has 0 unspecified atom stereocenters. The van der Waals surface area contributed by atoms with Crippen LogP contribution in [0, 0.1) is 18.8 Å². The third-order valence-corrected chi connectivity index (χ3v) is 5.75. The molecule has 1 aliphatic heterocycles.